The molecule has 0 aliphatic carbocycles. The number of likely N-dealkylation sites (tertiary alicyclic amines) is 1. The summed E-state index contributed by atoms with van der Waals surface area (Å²) in [6.45, 7) is 11.5. The van der Waals surface area contributed by atoms with Gasteiger partial charge in [-0.1, -0.05) is 70.0 Å². The van der Waals surface area contributed by atoms with Crippen molar-refractivity contribution in [2.45, 2.75) is 136 Å². The third-order valence-corrected chi connectivity index (χ3v) is 15.4. The molecule has 3 atom stereocenters. The predicted octanol–water partition coefficient (Wildman–Crippen LogP) is 7.47. The van der Waals surface area contributed by atoms with Gasteiger partial charge in [-0.3, -0.25) is 24.0 Å². The molecule has 86 heavy (non-hydrogen) atoms. The average Bonchev–Trinajstić information content (AvgIpc) is 2.62. The molecule has 1 saturated heterocycles. The molecule has 1 fully saturated rings. The van der Waals surface area contributed by atoms with E-state index in [0.29, 0.717) is 101 Å². The number of thiazole rings is 1. The molecule has 0 spiro atoms. The van der Waals surface area contributed by atoms with E-state index in [-0.39, 0.29) is 62.3 Å². The van der Waals surface area contributed by atoms with Gasteiger partial charge >= 0.3 is 0 Å². The third kappa shape index (κ3) is 20.5. The third-order valence-electron chi connectivity index (χ3n) is 14.4. The maximum Gasteiger partial charge on any atom is 0.251 e. The Labute approximate surface area is 504 Å². The summed E-state index contributed by atoms with van der Waals surface area (Å²) >= 11 is 1.57. The number of carbonyl (C=O) groups excluding carboxylic acids is 5. The number of amides is 5. The Morgan fingerprint density at radius 2 is 1.44 bits per heavy atom. The molecule has 0 radical (unpaired) electrons. The van der Waals surface area contributed by atoms with Crippen molar-refractivity contribution >= 4 is 46.6 Å². The normalized spacial score (nSPS) is 14.4. The summed E-state index contributed by atoms with van der Waals surface area (Å²) in [6.07, 6.45) is 8.03. The molecule has 3 aromatic carbocycles. The molecule has 6 aromatic rings. The summed E-state index contributed by atoms with van der Waals surface area (Å²) < 4.78 is 47.2. The van der Waals surface area contributed by atoms with Gasteiger partial charge in [-0.15, -0.1) is 21.5 Å². The number of aromatic nitrogens is 6. The lowest BCUT2D eigenvalue weighted by Gasteiger charge is -2.35. The molecule has 1 unspecified atom stereocenters. The number of hydrogen-bond acceptors (Lipinski definition) is 16. The van der Waals surface area contributed by atoms with Crippen LogP contribution in [-0.4, -0.2) is 140 Å². The van der Waals surface area contributed by atoms with Crippen LogP contribution in [-0.2, 0) is 59.6 Å². The van der Waals surface area contributed by atoms with E-state index in [2.05, 4.69) is 51.7 Å². The predicted molar refractivity (Wildman–Crippen MR) is 321 cm³/mol. The van der Waals surface area contributed by atoms with E-state index in [4.69, 9.17) is 14.2 Å². The Morgan fingerprint density at radius 1 is 0.756 bits per heavy atom. The standard InChI is InChI=1S/C62H80F2N12O9S/c1-42-56(86-41-71-42)44-22-20-43(21-23-44)36-68-60(81)52-35-47(77)39-76(52)61(82)57(62(2,3)4)72-55(79)19-8-6-10-29-84-31-33-85-32-30-83-28-9-5-7-18-54(78)66-25-13-27-75-53(73-74-58(75)51-24-26-65-40-70-51)38-67-46-15-11-14-45(34-46)59(80)69-37-48-49(63)16-12-17-50(48)64/h11-12,14-17,20-24,26,34,40-41,47,52,57,67,77H,5-10,13,18-19,25,27-33,35-39H2,1-4H3,(H,66,78)(H,68,81)(H,69,80)(H,72,79)/t47-,52?,57-/m1/s1. The van der Waals surface area contributed by atoms with Crippen LogP contribution in [0, 0.1) is 24.0 Å². The molecule has 5 amide bonds. The van der Waals surface area contributed by atoms with Crippen molar-refractivity contribution in [1.29, 1.82) is 0 Å². The summed E-state index contributed by atoms with van der Waals surface area (Å²) in [5.74, 6) is -1.87. The number of aliphatic hydroxyl groups excluding tert-OH is 1. The second kappa shape index (κ2) is 33.9. The number of rotatable bonds is 35. The summed E-state index contributed by atoms with van der Waals surface area (Å²) in [6, 6.07) is 18.1. The quantitative estimate of drug-likeness (QED) is 0.0211. The number of benzene rings is 3. The van der Waals surface area contributed by atoms with Crippen LogP contribution in [0.5, 0.6) is 0 Å². The zero-order valence-electron chi connectivity index (χ0n) is 49.5. The van der Waals surface area contributed by atoms with Gasteiger partial charge in [-0.05, 0) is 92.0 Å². The lowest BCUT2D eigenvalue weighted by atomic mass is 9.85. The minimum Gasteiger partial charge on any atom is -0.391 e. The van der Waals surface area contributed by atoms with Gasteiger partial charge in [0.1, 0.15) is 35.7 Å². The molecule has 3 aromatic heterocycles. The Bertz CT molecular complexity index is 3110. The molecule has 1 aliphatic heterocycles. The molecule has 462 valence electrons. The molecular formula is C62H80F2N12O9S. The number of aliphatic hydroxyl groups is 1. The van der Waals surface area contributed by atoms with Gasteiger partial charge in [0, 0.05) is 88.2 Å². The minimum atomic E-state index is -0.889. The molecule has 1 aliphatic rings. The van der Waals surface area contributed by atoms with Crippen LogP contribution < -0.4 is 26.6 Å². The number of nitrogens with one attached hydrogen (secondary N) is 5. The van der Waals surface area contributed by atoms with E-state index in [1.807, 2.05) is 62.0 Å². The lowest BCUT2D eigenvalue weighted by Crippen LogP contribution is -2.57. The minimum absolute atomic E-state index is 0.00689. The van der Waals surface area contributed by atoms with Crippen LogP contribution in [0.2, 0.25) is 0 Å². The smallest absolute Gasteiger partial charge is 0.251 e. The van der Waals surface area contributed by atoms with Gasteiger partial charge in [-0.2, -0.15) is 0 Å². The van der Waals surface area contributed by atoms with Gasteiger partial charge in [0.05, 0.1) is 55.2 Å². The largest absolute Gasteiger partial charge is 0.391 e. The van der Waals surface area contributed by atoms with Crippen LogP contribution in [0.1, 0.15) is 118 Å². The van der Waals surface area contributed by atoms with E-state index >= 15 is 0 Å². The zero-order chi connectivity index (χ0) is 61.3. The molecule has 0 bridgehead atoms. The van der Waals surface area contributed by atoms with Crippen molar-refractivity contribution in [3.8, 4) is 22.0 Å². The first-order valence-corrected chi connectivity index (χ1v) is 30.2. The molecule has 0 saturated carbocycles. The van der Waals surface area contributed by atoms with Crippen LogP contribution in [0.25, 0.3) is 22.0 Å². The molecule has 21 nitrogen and oxygen atoms in total. The zero-order valence-corrected chi connectivity index (χ0v) is 50.3. The van der Waals surface area contributed by atoms with E-state index in [1.54, 1.807) is 47.9 Å². The monoisotopic (exact) mass is 1210 g/mol. The van der Waals surface area contributed by atoms with Crippen LogP contribution in [0.3, 0.4) is 0 Å². The number of nitrogens with zero attached hydrogens (tertiary/aromatic N) is 7. The van der Waals surface area contributed by atoms with Gasteiger partial charge in [0.15, 0.2) is 11.6 Å². The van der Waals surface area contributed by atoms with Crippen molar-refractivity contribution in [3.63, 3.8) is 0 Å². The van der Waals surface area contributed by atoms with E-state index in [1.165, 1.54) is 17.3 Å². The van der Waals surface area contributed by atoms with Crippen molar-refractivity contribution in [1.82, 2.24) is 55.9 Å². The highest BCUT2D eigenvalue weighted by Crippen LogP contribution is 2.29. The van der Waals surface area contributed by atoms with Crippen LogP contribution >= 0.6 is 11.3 Å². The number of ether oxygens (including phenoxy) is 3. The van der Waals surface area contributed by atoms with E-state index < -0.39 is 47.1 Å². The van der Waals surface area contributed by atoms with Crippen molar-refractivity contribution < 1.29 is 52.1 Å². The highest BCUT2D eigenvalue weighted by atomic mass is 32.1. The number of anilines is 1. The maximum absolute atomic E-state index is 14.1. The Balaban J connectivity index is 0.686. The first-order valence-electron chi connectivity index (χ1n) is 29.3. The van der Waals surface area contributed by atoms with Crippen molar-refractivity contribution in [2.75, 3.05) is 58.0 Å². The summed E-state index contributed by atoms with van der Waals surface area (Å²) in [4.78, 5) is 81.4. The van der Waals surface area contributed by atoms with Crippen LogP contribution in [0.15, 0.2) is 90.8 Å². The molecule has 7 rings (SSSR count). The SMILES string of the molecule is Cc1ncsc1-c1ccc(CNC(=O)C2C[C@@H](O)CN2C(=O)[C@@H](NC(=O)CCCCCOCCOCCOCCCCCC(=O)NCCCn2c(CNc3cccc(C(=O)NCc4c(F)cccc4F)c3)nnc2-c2ccncn2)C(C)(C)C)cc1. The Hall–Kier alpha value is -7.64. The molecule has 24 heteroatoms. The highest BCUT2D eigenvalue weighted by Gasteiger charge is 2.44. The fourth-order valence-electron chi connectivity index (χ4n) is 9.68. The van der Waals surface area contributed by atoms with Crippen molar-refractivity contribution in [2.24, 2.45) is 5.41 Å². The second-order valence-electron chi connectivity index (χ2n) is 22.1. The number of carbonyl (C=O) groups is 5. The van der Waals surface area contributed by atoms with Gasteiger partial charge in [0.2, 0.25) is 23.6 Å². The molecule has 4 heterocycles. The van der Waals surface area contributed by atoms with Gasteiger partial charge < -0.3 is 55.4 Å². The Kier molecular flexibility index (Phi) is 26.0. The summed E-state index contributed by atoms with van der Waals surface area (Å²) in [7, 11) is 0. The lowest BCUT2D eigenvalue weighted by molar-refractivity contribution is -0.144. The van der Waals surface area contributed by atoms with Gasteiger partial charge in [0.25, 0.3) is 5.91 Å². The fraction of sp³-hybridized carbons (Fsp3) is 0.484. The Morgan fingerprint density at radius 3 is 2.10 bits per heavy atom. The van der Waals surface area contributed by atoms with Crippen LogP contribution in [0.4, 0.5) is 14.5 Å². The fourth-order valence-corrected chi connectivity index (χ4v) is 10.5. The number of β-amino-alcohol motifs (C(OH)–C–C–N with tert-alkyl or cyclic N) is 1. The number of aryl methyl sites for hydroxylation is 1. The average molecular weight is 1210 g/mol. The summed E-state index contributed by atoms with van der Waals surface area (Å²) in [5, 5.41) is 34.1. The first kappa shape index (κ1) is 65.9. The number of unbranched alkanes of at least 4 members (excludes halogenated alkanes) is 4. The highest BCUT2D eigenvalue weighted by molar-refractivity contribution is 7.13. The maximum atomic E-state index is 14.1. The topological polar surface area (TPSA) is 266 Å². The van der Waals surface area contributed by atoms with Crippen molar-refractivity contribution in [3.05, 3.63) is 131 Å². The summed E-state index contributed by atoms with van der Waals surface area (Å²) in [5.41, 5.74) is 5.35. The van der Waals surface area contributed by atoms with E-state index in [0.717, 1.165) is 65.9 Å². The second-order valence-corrected chi connectivity index (χ2v) is 23.0. The molecule has 6 N–H and O–H groups in total. The van der Waals surface area contributed by atoms with E-state index in [9.17, 15) is 37.9 Å². The number of hydrogen-bond donors (Lipinski definition) is 6. The molecular weight excluding hydrogens is 1130 g/mol. The first-order chi connectivity index (χ1) is 41.5. The number of halogens is 2. The van der Waals surface area contributed by atoms with Gasteiger partial charge in [-0.25, -0.2) is 23.7 Å².